The quantitative estimate of drug-likeness (QED) is 0.647. The number of carbonyl (C=O) groups is 1. The van der Waals surface area contributed by atoms with Gasteiger partial charge in [0.15, 0.2) is 11.5 Å². The molecule has 2 fully saturated rings. The molecule has 2 aromatic carbocycles. The number of hydrogen-bond acceptors (Lipinski definition) is 4. The Morgan fingerprint density at radius 2 is 2.03 bits per heavy atom. The lowest BCUT2D eigenvalue weighted by Crippen LogP contribution is -2.34. The lowest BCUT2D eigenvalue weighted by atomic mass is 9.99. The summed E-state index contributed by atoms with van der Waals surface area (Å²) in [5.74, 6) is 2.52. The molecule has 2 aliphatic heterocycles. The van der Waals surface area contributed by atoms with Gasteiger partial charge >= 0.3 is 0 Å². The van der Waals surface area contributed by atoms with Gasteiger partial charge in [-0.3, -0.25) is 4.79 Å². The van der Waals surface area contributed by atoms with Crippen LogP contribution in [0, 0.1) is 11.8 Å². The highest BCUT2D eigenvalue weighted by molar-refractivity contribution is 6.30. The number of rotatable bonds is 5. The smallest absolute Gasteiger partial charge is 0.226 e. The second-order valence-electron chi connectivity index (χ2n) is 9.44. The zero-order valence-corrected chi connectivity index (χ0v) is 19.4. The van der Waals surface area contributed by atoms with Crippen molar-refractivity contribution in [2.45, 2.75) is 32.2 Å². The van der Waals surface area contributed by atoms with Crippen LogP contribution in [-0.4, -0.2) is 55.6 Å². The Labute approximate surface area is 195 Å². The summed E-state index contributed by atoms with van der Waals surface area (Å²) >= 11 is 6.27. The standard InChI is InChI=1S/C26H31ClN2O3/c1-28-9-3-4-18(15-28)17-32-24-14-21(20-5-2-6-23(27)13-20)12-22-16-29(10-11-31-25(22)24)26(30)19-7-8-19/h2,5-6,12-14,18-19H,3-4,7-11,15-17H2,1H3. The molecule has 1 atom stereocenters. The first-order chi connectivity index (χ1) is 15.6. The lowest BCUT2D eigenvalue weighted by Gasteiger charge is -2.29. The van der Waals surface area contributed by atoms with Gasteiger partial charge in [-0.25, -0.2) is 0 Å². The largest absolute Gasteiger partial charge is 0.489 e. The predicted octanol–water partition coefficient (Wildman–Crippen LogP) is 4.86. The Morgan fingerprint density at radius 1 is 1.16 bits per heavy atom. The molecule has 2 heterocycles. The monoisotopic (exact) mass is 454 g/mol. The number of amides is 1. The molecule has 5 rings (SSSR count). The SMILES string of the molecule is CN1CCCC(COc2cc(-c3cccc(Cl)c3)cc3c2OCCN(C(=O)C2CC2)C3)C1. The molecule has 5 nitrogen and oxygen atoms in total. The molecule has 2 aromatic rings. The second-order valence-corrected chi connectivity index (χ2v) is 9.87. The van der Waals surface area contributed by atoms with E-state index in [2.05, 4.69) is 30.1 Å². The van der Waals surface area contributed by atoms with E-state index in [1.807, 2.05) is 23.1 Å². The molecule has 0 N–H and O–H groups in total. The van der Waals surface area contributed by atoms with Crippen LogP contribution in [0.15, 0.2) is 36.4 Å². The van der Waals surface area contributed by atoms with Gasteiger partial charge in [0.2, 0.25) is 5.91 Å². The number of hydrogen-bond donors (Lipinski definition) is 0. The van der Waals surface area contributed by atoms with Gasteiger partial charge in [-0.2, -0.15) is 0 Å². The van der Waals surface area contributed by atoms with Crippen LogP contribution in [0.1, 0.15) is 31.2 Å². The summed E-state index contributed by atoms with van der Waals surface area (Å²) < 4.78 is 12.6. The molecule has 1 aliphatic carbocycles. The van der Waals surface area contributed by atoms with Gasteiger partial charge in [0.05, 0.1) is 13.2 Å². The molecule has 1 saturated heterocycles. The molecule has 3 aliphatic rings. The highest BCUT2D eigenvalue weighted by Gasteiger charge is 2.35. The van der Waals surface area contributed by atoms with E-state index < -0.39 is 0 Å². The van der Waals surface area contributed by atoms with Crippen LogP contribution in [0.2, 0.25) is 5.02 Å². The average Bonchev–Trinajstić information content (AvgIpc) is 3.64. The van der Waals surface area contributed by atoms with Gasteiger partial charge in [0.25, 0.3) is 0 Å². The van der Waals surface area contributed by atoms with Crippen molar-refractivity contribution in [1.29, 1.82) is 0 Å². The Balaban J connectivity index is 1.46. The van der Waals surface area contributed by atoms with Crippen molar-refractivity contribution in [3.63, 3.8) is 0 Å². The van der Waals surface area contributed by atoms with E-state index >= 15 is 0 Å². The number of nitrogens with zero attached hydrogens (tertiary/aromatic N) is 2. The lowest BCUT2D eigenvalue weighted by molar-refractivity contribution is -0.133. The Hall–Kier alpha value is -2.24. The van der Waals surface area contributed by atoms with E-state index in [9.17, 15) is 4.79 Å². The van der Waals surface area contributed by atoms with Crippen molar-refractivity contribution in [3.8, 4) is 22.6 Å². The van der Waals surface area contributed by atoms with Crippen LogP contribution in [0.4, 0.5) is 0 Å². The van der Waals surface area contributed by atoms with Crippen LogP contribution in [-0.2, 0) is 11.3 Å². The summed E-state index contributed by atoms with van der Waals surface area (Å²) in [5, 5.41) is 0.701. The molecule has 1 saturated carbocycles. The average molecular weight is 455 g/mol. The van der Waals surface area contributed by atoms with Crippen LogP contribution in [0.25, 0.3) is 11.1 Å². The minimum Gasteiger partial charge on any atom is -0.489 e. The van der Waals surface area contributed by atoms with Crippen molar-refractivity contribution in [1.82, 2.24) is 9.80 Å². The van der Waals surface area contributed by atoms with Gasteiger partial charge < -0.3 is 19.3 Å². The van der Waals surface area contributed by atoms with Gasteiger partial charge in [0.1, 0.15) is 6.61 Å². The van der Waals surface area contributed by atoms with Gasteiger partial charge in [-0.15, -0.1) is 0 Å². The molecule has 0 bridgehead atoms. The zero-order valence-electron chi connectivity index (χ0n) is 18.7. The van der Waals surface area contributed by atoms with E-state index in [-0.39, 0.29) is 11.8 Å². The maximum Gasteiger partial charge on any atom is 0.226 e. The molecule has 32 heavy (non-hydrogen) atoms. The molecule has 170 valence electrons. The Morgan fingerprint density at radius 3 is 2.81 bits per heavy atom. The Bertz CT molecular complexity index is 991. The highest BCUT2D eigenvalue weighted by Crippen LogP contribution is 2.40. The highest BCUT2D eigenvalue weighted by atomic mass is 35.5. The van der Waals surface area contributed by atoms with E-state index in [4.69, 9.17) is 21.1 Å². The van der Waals surface area contributed by atoms with Crippen LogP contribution < -0.4 is 9.47 Å². The van der Waals surface area contributed by atoms with E-state index in [1.165, 1.54) is 12.8 Å². The number of likely N-dealkylation sites (tertiary alicyclic amines) is 1. The molecule has 0 radical (unpaired) electrons. The summed E-state index contributed by atoms with van der Waals surface area (Å²) in [6, 6.07) is 12.0. The number of halogens is 1. The minimum absolute atomic E-state index is 0.201. The second kappa shape index (κ2) is 9.32. The number of benzene rings is 2. The third-order valence-electron chi connectivity index (χ3n) is 6.69. The first-order valence-electron chi connectivity index (χ1n) is 11.7. The number of carbonyl (C=O) groups excluding carboxylic acids is 1. The van der Waals surface area contributed by atoms with E-state index in [1.54, 1.807) is 0 Å². The minimum atomic E-state index is 0.201. The van der Waals surface area contributed by atoms with Crippen LogP contribution >= 0.6 is 11.6 Å². The number of fused-ring (bicyclic) bond motifs is 1. The summed E-state index contributed by atoms with van der Waals surface area (Å²) in [7, 11) is 2.17. The molecule has 1 unspecified atom stereocenters. The topological polar surface area (TPSA) is 42.0 Å². The van der Waals surface area contributed by atoms with E-state index in [0.29, 0.717) is 37.2 Å². The summed E-state index contributed by atoms with van der Waals surface area (Å²) in [5.41, 5.74) is 3.07. The number of ether oxygens (including phenoxy) is 2. The summed E-state index contributed by atoms with van der Waals surface area (Å²) in [6.07, 6.45) is 4.41. The molecular weight excluding hydrogens is 424 g/mol. The van der Waals surface area contributed by atoms with Gasteiger partial charge in [-0.05, 0) is 74.7 Å². The zero-order chi connectivity index (χ0) is 22.1. The normalized spacial score (nSPS) is 21.4. The van der Waals surface area contributed by atoms with Crippen LogP contribution in [0.3, 0.4) is 0 Å². The van der Waals surface area contributed by atoms with Crippen molar-refractivity contribution in [2.75, 3.05) is 39.9 Å². The Kier molecular flexibility index (Phi) is 6.29. The van der Waals surface area contributed by atoms with Crippen molar-refractivity contribution < 1.29 is 14.3 Å². The fourth-order valence-corrected chi connectivity index (χ4v) is 5.01. The van der Waals surface area contributed by atoms with Crippen molar-refractivity contribution in [3.05, 3.63) is 47.0 Å². The summed E-state index contributed by atoms with van der Waals surface area (Å²) in [4.78, 5) is 17.1. The molecule has 1 amide bonds. The molecule has 0 spiro atoms. The molecule has 6 heteroatoms. The van der Waals surface area contributed by atoms with Crippen LogP contribution in [0.5, 0.6) is 11.5 Å². The molecular formula is C26H31ClN2O3. The summed E-state index contributed by atoms with van der Waals surface area (Å²) in [6.45, 7) is 4.55. The first-order valence-corrected chi connectivity index (χ1v) is 12.1. The van der Waals surface area contributed by atoms with Crippen molar-refractivity contribution >= 4 is 17.5 Å². The van der Waals surface area contributed by atoms with E-state index in [0.717, 1.165) is 54.1 Å². The van der Waals surface area contributed by atoms with Gasteiger partial charge in [0, 0.05) is 35.5 Å². The van der Waals surface area contributed by atoms with Gasteiger partial charge in [-0.1, -0.05) is 23.7 Å². The first kappa shape index (κ1) is 21.6. The third-order valence-corrected chi connectivity index (χ3v) is 6.93. The van der Waals surface area contributed by atoms with Crippen molar-refractivity contribution in [2.24, 2.45) is 11.8 Å². The predicted molar refractivity (Wildman–Crippen MR) is 126 cm³/mol. The fourth-order valence-electron chi connectivity index (χ4n) is 4.82. The maximum absolute atomic E-state index is 12.8. The third kappa shape index (κ3) is 4.89. The number of piperidine rings is 1. The molecule has 0 aromatic heterocycles. The maximum atomic E-state index is 12.8. The fraction of sp³-hybridized carbons (Fsp3) is 0.500.